The Morgan fingerprint density at radius 3 is 2.72 bits per heavy atom. The van der Waals surface area contributed by atoms with E-state index in [0.29, 0.717) is 0 Å². The second-order valence-corrected chi connectivity index (χ2v) is 3.42. The summed E-state index contributed by atoms with van der Waals surface area (Å²) in [4.78, 5) is 23.0. The van der Waals surface area contributed by atoms with Gasteiger partial charge < -0.3 is 14.8 Å². The number of alkyl halides is 1. The average Bonchev–Trinajstić information content (AvgIpc) is 2.45. The minimum atomic E-state index is -2.43. The summed E-state index contributed by atoms with van der Waals surface area (Å²) in [5.74, 6) is -2.89. The van der Waals surface area contributed by atoms with E-state index in [4.69, 9.17) is 19.1 Å². The largest absolute Gasteiger partial charge is 0.467 e. The van der Waals surface area contributed by atoms with Crippen molar-refractivity contribution in [1.29, 1.82) is 0 Å². The number of alkyl carbamates (subject to hydrolysis) is 1. The summed E-state index contributed by atoms with van der Waals surface area (Å²) in [5.41, 5.74) is 0.740. The van der Waals surface area contributed by atoms with Crippen LogP contribution in [0, 0.1) is 0 Å². The molecule has 1 rings (SSSR count). The maximum Gasteiger partial charge on any atom is 0.408 e. The van der Waals surface area contributed by atoms with Crippen molar-refractivity contribution in [2.75, 3.05) is 13.0 Å². The Balaban J connectivity index is 2.61. The lowest BCUT2D eigenvalue weighted by atomic mass is 10.2. The van der Waals surface area contributed by atoms with Gasteiger partial charge in [0.2, 0.25) is 0 Å². The molecule has 2 atom stereocenters. The van der Waals surface area contributed by atoms with E-state index >= 15 is 0 Å². The van der Waals surface area contributed by atoms with Gasteiger partial charge in [-0.05, 0) is 5.56 Å². The number of hydrogen-bond acceptors (Lipinski definition) is 4. The zero-order valence-corrected chi connectivity index (χ0v) is 10.4. The number of carbonyl (C=O) groups excluding carboxylic acids is 2. The summed E-state index contributed by atoms with van der Waals surface area (Å²) in [7, 11) is 1.03. The number of rotatable bonds is 5. The van der Waals surface area contributed by atoms with Crippen LogP contribution in [0.15, 0.2) is 30.3 Å². The van der Waals surface area contributed by atoms with Gasteiger partial charge in [-0.1, -0.05) is 30.3 Å². The van der Waals surface area contributed by atoms with E-state index in [1.807, 2.05) is 11.4 Å². The van der Waals surface area contributed by atoms with Gasteiger partial charge in [0.1, 0.15) is 12.6 Å². The summed E-state index contributed by atoms with van der Waals surface area (Å²) in [5, 5.41) is 1.93. The van der Waals surface area contributed by atoms with Crippen LogP contribution < -0.4 is 5.32 Å². The van der Waals surface area contributed by atoms with Gasteiger partial charge in [-0.2, -0.15) is 0 Å². The molecule has 1 aromatic rings. The molecule has 1 aromatic carbocycles. The summed E-state index contributed by atoms with van der Waals surface area (Å²) < 4.78 is 24.1. The van der Waals surface area contributed by atoms with Gasteiger partial charge in [0.15, 0.2) is 0 Å². The van der Waals surface area contributed by atoms with Crippen LogP contribution in [0.5, 0.6) is 0 Å². The second kappa shape index (κ2) is 7.55. The fourth-order valence-electron chi connectivity index (χ4n) is 1.10. The molecule has 0 aromatic heterocycles. The lowest BCUT2D eigenvalue weighted by Crippen LogP contribution is -2.43. The van der Waals surface area contributed by atoms with Gasteiger partial charge in [0, 0.05) is 1.37 Å². The van der Waals surface area contributed by atoms with Crippen molar-refractivity contribution in [2.45, 2.75) is 12.6 Å². The van der Waals surface area contributed by atoms with Gasteiger partial charge in [0.05, 0.1) is 14.3 Å². The lowest BCUT2D eigenvalue weighted by Gasteiger charge is -2.13. The molecule has 6 heteroatoms. The van der Waals surface area contributed by atoms with Gasteiger partial charge in [-0.3, -0.25) is 0 Å². The van der Waals surface area contributed by atoms with Gasteiger partial charge in [-0.15, -0.1) is 11.6 Å². The minimum absolute atomic E-state index is 0.0329. The molecule has 0 aliphatic carbocycles. The van der Waals surface area contributed by atoms with Gasteiger partial charge in [-0.25, -0.2) is 9.59 Å². The number of hydrogen-bond donors (Lipinski definition) is 1. The fourth-order valence-corrected chi connectivity index (χ4v) is 1.25. The number of carbonyl (C=O) groups is 2. The summed E-state index contributed by atoms with van der Waals surface area (Å²) in [6.45, 7) is -0.0329. The summed E-state index contributed by atoms with van der Waals surface area (Å²) in [6.07, 6.45) is -1.04. The van der Waals surface area contributed by atoms with Crippen molar-refractivity contribution >= 4 is 23.7 Å². The Kier molecular flexibility index (Phi) is 4.76. The molecule has 0 saturated carbocycles. The molecular formula is C12H14ClNO4. The molecule has 18 heavy (non-hydrogen) atoms. The van der Waals surface area contributed by atoms with Crippen molar-refractivity contribution in [3.63, 3.8) is 0 Å². The van der Waals surface area contributed by atoms with Crippen LogP contribution >= 0.6 is 11.6 Å². The Morgan fingerprint density at radius 2 is 2.17 bits per heavy atom. The van der Waals surface area contributed by atoms with Crippen LogP contribution in [0.25, 0.3) is 0 Å². The number of benzene rings is 1. The van der Waals surface area contributed by atoms with Crippen molar-refractivity contribution in [1.82, 2.24) is 5.32 Å². The van der Waals surface area contributed by atoms with Crippen molar-refractivity contribution in [3.8, 4) is 0 Å². The first-order valence-electron chi connectivity index (χ1n) is 6.11. The Morgan fingerprint density at radius 1 is 1.50 bits per heavy atom. The molecular weight excluding hydrogens is 258 g/mol. The van der Waals surface area contributed by atoms with Crippen LogP contribution in [-0.2, 0) is 20.9 Å². The number of nitrogens with one attached hydrogen (secondary N) is 1. The monoisotopic (exact) mass is 273 g/mol. The average molecular weight is 274 g/mol. The first kappa shape index (κ1) is 11.3. The molecule has 0 unspecified atom stereocenters. The Hall–Kier alpha value is -1.75. The van der Waals surface area contributed by atoms with Gasteiger partial charge in [0.25, 0.3) is 0 Å². The number of esters is 1. The zero-order valence-electron chi connectivity index (χ0n) is 11.7. The molecule has 0 bridgehead atoms. The smallest absolute Gasteiger partial charge is 0.408 e. The predicted octanol–water partition coefficient (Wildman–Crippen LogP) is 1.69. The highest BCUT2D eigenvalue weighted by molar-refractivity contribution is 6.19. The molecule has 0 saturated heterocycles. The molecule has 0 fully saturated rings. The molecule has 0 spiro atoms. The third-order valence-electron chi connectivity index (χ3n) is 1.96. The van der Waals surface area contributed by atoms with Crippen LogP contribution in [0.4, 0.5) is 4.79 Å². The van der Waals surface area contributed by atoms with E-state index in [0.717, 1.165) is 12.7 Å². The SMILES string of the molecule is [2H][C@H](Cl)[C@]([2H])(NC(=O)OCc1ccccc1)C(=O)OC. The Bertz CT molecular complexity index is 472. The first-order chi connectivity index (χ1) is 9.40. The van der Waals surface area contributed by atoms with Gasteiger partial charge >= 0.3 is 12.1 Å². The molecule has 1 amide bonds. The second-order valence-electron chi connectivity index (χ2n) is 3.20. The highest BCUT2D eigenvalue weighted by Crippen LogP contribution is 2.01. The van der Waals surface area contributed by atoms with E-state index in [1.165, 1.54) is 0 Å². The number of ether oxygens (including phenoxy) is 2. The third-order valence-corrected chi connectivity index (χ3v) is 2.18. The van der Waals surface area contributed by atoms with E-state index in [1.54, 1.807) is 24.3 Å². The highest BCUT2D eigenvalue weighted by atomic mass is 35.5. The summed E-state index contributed by atoms with van der Waals surface area (Å²) in [6, 6.07) is 6.43. The number of amides is 1. The highest BCUT2D eigenvalue weighted by Gasteiger charge is 2.20. The summed E-state index contributed by atoms with van der Waals surface area (Å²) >= 11 is 5.43. The van der Waals surface area contributed by atoms with E-state index in [-0.39, 0.29) is 6.61 Å². The molecule has 0 radical (unpaired) electrons. The van der Waals surface area contributed by atoms with E-state index in [9.17, 15) is 9.59 Å². The molecule has 0 heterocycles. The standard InChI is InChI=1S/C12H14ClNO4/c1-17-11(15)10(7-13)14-12(16)18-8-9-5-3-2-4-6-9/h2-6,10H,7-8H2,1H3,(H,14,16)/t10-/m0/s1/i7D,10D/t7-,10-. The van der Waals surface area contributed by atoms with E-state index < -0.39 is 23.9 Å². The molecule has 1 N–H and O–H groups in total. The first-order valence-corrected chi connectivity index (χ1v) is 5.47. The van der Waals surface area contributed by atoms with Crippen LogP contribution in [0.3, 0.4) is 0 Å². The topological polar surface area (TPSA) is 64.6 Å². The third kappa shape index (κ3) is 4.63. The van der Waals surface area contributed by atoms with Crippen molar-refractivity contribution in [3.05, 3.63) is 35.9 Å². The molecule has 0 aliphatic rings. The lowest BCUT2D eigenvalue weighted by molar-refractivity contribution is -0.142. The maximum atomic E-state index is 11.6. The zero-order chi connectivity index (χ0) is 15.2. The quantitative estimate of drug-likeness (QED) is 0.655. The fraction of sp³-hybridized carbons (Fsp3) is 0.333. The molecule has 98 valence electrons. The van der Waals surface area contributed by atoms with Crippen LogP contribution in [-0.4, -0.2) is 31.0 Å². The van der Waals surface area contributed by atoms with Crippen LogP contribution in [0.2, 0.25) is 0 Å². The van der Waals surface area contributed by atoms with Crippen molar-refractivity contribution < 1.29 is 21.8 Å². The Labute approximate surface area is 113 Å². The van der Waals surface area contributed by atoms with Crippen LogP contribution in [0.1, 0.15) is 8.30 Å². The molecule has 5 nitrogen and oxygen atoms in total. The predicted molar refractivity (Wildman–Crippen MR) is 66.3 cm³/mol. The molecule has 0 aliphatic heterocycles. The van der Waals surface area contributed by atoms with E-state index in [2.05, 4.69) is 4.74 Å². The minimum Gasteiger partial charge on any atom is -0.467 e. The number of methoxy groups -OCH3 is 1. The normalized spacial score (nSPS) is 16.6. The number of halogens is 1. The maximum absolute atomic E-state index is 11.6. The van der Waals surface area contributed by atoms with Crippen molar-refractivity contribution in [2.24, 2.45) is 0 Å².